The minimum atomic E-state index is 0.409. The SMILES string of the molecule is CCc1cc2c(cc1CC)OCc1ccc([nH]1)COc1ccccc1OCc1ccc([nH]1)CO2. The van der Waals surface area contributed by atoms with E-state index in [4.69, 9.17) is 18.9 Å². The molecular formula is C28H30N2O4. The number of H-pyrrole nitrogens is 2. The molecule has 0 amide bonds. The number of fused-ring (bicyclic) bond motifs is 6. The fourth-order valence-corrected chi connectivity index (χ4v) is 4.16. The van der Waals surface area contributed by atoms with Crippen LogP contribution in [0.3, 0.4) is 0 Å². The summed E-state index contributed by atoms with van der Waals surface area (Å²) in [5.74, 6) is 2.93. The Morgan fingerprint density at radius 3 is 1.24 bits per heavy atom. The van der Waals surface area contributed by atoms with Crippen LogP contribution in [-0.4, -0.2) is 9.97 Å². The lowest BCUT2D eigenvalue weighted by molar-refractivity contribution is 0.244. The van der Waals surface area contributed by atoms with Crippen molar-refractivity contribution in [1.29, 1.82) is 0 Å². The standard InChI is InChI=1S/C28H30N2O4/c1-3-19-13-27-28(14-20(19)4-2)34-18-24-12-10-22(30-24)16-32-26-8-6-5-7-25(26)31-15-21-9-11-23(29-21)17-33-27/h5-14,29-30H,3-4,15-18H2,1-2H3. The van der Waals surface area contributed by atoms with Crippen LogP contribution in [0.15, 0.2) is 60.7 Å². The highest BCUT2D eigenvalue weighted by atomic mass is 16.5. The van der Waals surface area contributed by atoms with E-state index in [-0.39, 0.29) is 0 Å². The highest BCUT2D eigenvalue weighted by Crippen LogP contribution is 2.33. The van der Waals surface area contributed by atoms with E-state index >= 15 is 0 Å². The predicted molar refractivity (Wildman–Crippen MR) is 131 cm³/mol. The topological polar surface area (TPSA) is 68.5 Å². The summed E-state index contributed by atoms with van der Waals surface area (Å²) < 4.78 is 24.6. The Bertz CT molecular complexity index is 1160. The quantitative estimate of drug-likeness (QED) is 0.381. The fraction of sp³-hybridized carbons (Fsp3) is 0.286. The number of aromatic nitrogens is 2. The van der Waals surface area contributed by atoms with Crippen molar-refractivity contribution in [2.45, 2.75) is 53.1 Å². The van der Waals surface area contributed by atoms with E-state index in [1.165, 1.54) is 11.1 Å². The summed E-state index contributed by atoms with van der Waals surface area (Å²) >= 11 is 0. The van der Waals surface area contributed by atoms with Gasteiger partial charge in [0.25, 0.3) is 0 Å². The summed E-state index contributed by atoms with van der Waals surface area (Å²) in [5, 5.41) is 0. The Kier molecular flexibility index (Phi) is 6.47. The smallest absolute Gasteiger partial charge is 0.162 e. The molecule has 5 rings (SSSR count). The van der Waals surface area contributed by atoms with Gasteiger partial charge in [-0.05, 0) is 72.5 Å². The summed E-state index contributed by atoms with van der Waals surface area (Å²) in [6, 6.07) is 20.0. The Morgan fingerprint density at radius 1 is 0.529 bits per heavy atom. The Morgan fingerprint density at radius 2 is 0.882 bits per heavy atom. The average Bonchev–Trinajstić information content (AvgIpc) is 3.52. The minimum absolute atomic E-state index is 0.409. The Balaban J connectivity index is 1.46. The molecule has 2 aromatic carbocycles. The van der Waals surface area contributed by atoms with Gasteiger partial charge in [-0.3, -0.25) is 0 Å². The molecular weight excluding hydrogens is 428 g/mol. The lowest BCUT2D eigenvalue weighted by atomic mass is 10.0. The van der Waals surface area contributed by atoms with Crippen molar-refractivity contribution in [2.24, 2.45) is 0 Å². The number of hydrogen-bond acceptors (Lipinski definition) is 4. The molecule has 3 heterocycles. The van der Waals surface area contributed by atoms with Gasteiger partial charge in [-0.25, -0.2) is 0 Å². The Hall–Kier alpha value is -3.80. The maximum absolute atomic E-state index is 6.24. The molecule has 0 saturated carbocycles. The number of nitrogens with one attached hydrogen (secondary N) is 2. The van der Waals surface area contributed by atoms with E-state index in [2.05, 4.69) is 35.9 Å². The van der Waals surface area contributed by atoms with Crippen molar-refractivity contribution in [3.63, 3.8) is 0 Å². The second kappa shape index (κ2) is 10.00. The minimum Gasteiger partial charge on any atom is -0.483 e. The molecule has 2 aromatic heterocycles. The first-order chi connectivity index (χ1) is 16.7. The average molecular weight is 459 g/mol. The van der Waals surface area contributed by atoms with E-state index in [9.17, 15) is 0 Å². The molecule has 6 nitrogen and oxygen atoms in total. The van der Waals surface area contributed by atoms with Crippen molar-refractivity contribution in [2.75, 3.05) is 0 Å². The molecule has 0 saturated heterocycles. The maximum atomic E-state index is 6.24. The lowest BCUT2D eigenvalue weighted by Gasteiger charge is -2.16. The van der Waals surface area contributed by atoms with E-state index in [0.717, 1.165) is 47.1 Å². The summed E-state index contributed by atoms with van der Waals surface area (Å²) in [6.07, 6.45) is 1.90. The van der Waals surface area contributed by atoms with Crippen LogP contribution in [0.1, 0.15) is 47.8 Å². The van der Waals surface area contributed by atoms with E-state index < -0.39 is 0 Å². The van der Waals surface area contributed by atoms with Crippen molar-refractivity contribution in [1.82, 2.24) is 9.97 Å². The summed E-state index contributed by atoms with van der Waals surface area (Å²) in [4.78, 5) is 6.79. The highest BCUT2D eigenvalue weighted by Gasteiger charge is 2.14. The van der Waals surface area contributed by atoms with Crippen molar-refractivity contribution < 1.29 is 18.9 Å². The van der Waals surface area contributed by atoms with Gasteiger partial charge < -0.3 is 28.9 Å². The number of hydrogen-bond donors (Lipinski definition) is 2. The molecule has 1 aliphatic heterocycles. The maximum Gasteiger partial charge on any atom is 0.162 e. The zero-order valence-electron chi connectivity index (χ0n) is 19.6. The lowest BCUT2D eigenvalue weighted by Crippen LogP contribution is -2.05. The van der Waals surface area contributed by atoms with Crippen LogP contribution in [0.5, 0.6) is 23.0 Å². The third kappa shape index (κ3) is 4.91. The summed E-state index contributed by atoms with van der Waals surface area (Å²) in [7, 11) is 0. The van der Waals surface area contributed by atoms with Crippen molar-refractivity contribution in [3.05, 3.63) is 94.6 Å². The molecule has 0 unspecified atom stereocenters. The highest BCUT2D eigenvalue weighted by molar-refractivity contribution is 5.48. The molecule has 0 aliphatic carbocycles. The third-order valence-electron chi connectivity index (χ3n) is 6.02. The number of aromatic amines is 2. The zero-order valence-corrected chi connectivity index (χ0v) is 19.6. The molecule has 4 bridgehead atoms. The van der Waals surface area contributed by atoms with Gasteiger partial charge in [-0.15, -0.1) is 0 Å². The van der Waals surface area contributed by atoms with E-state index in [1.807, 2.05) is 48.5 Å². The van der Waals surface area contributed by atoms with Crippen LogP contribution >= 0.6 is 0 Å². The molecule has 4 aromatic rings. The van der Waals surface area contributed by atoms with E-state index in [1.54, 1.807) is 0 Å². The first-order valence-corrected chi connectivity index (χ1v) is 11.8. The van der Waals surface area contributed by atoms with Crippen LogP contribution in [0.25, 0.3) is 0 Å². The van der Waals surface area contributed by atoms with Gasteiger partial charge in [0.05, 0.1) is 22.8 Å². The molecule has 0 spiro atoms. The van der Waals surface area contributed by atoms with Gasteiger partial charge in [-0.1, -0.05) is 26.0 Å². The van der Waals surface area contributed by atoms with E-state index in [0.29, 0.717) is 37.9 Å². The number of benzene rings is 2. The number of rotatable bonds is 2. The van der Waals surface area contributed by atoms with Gasteiger partial charge >= 0.3 is 0 Å². The molecule has 0 radical (unpaired) electrons. The number of para-hydroxylation sites is 2. The first-order valence-electron chi connectivity index (χ1n) is 11.8. The monoisotopic (exact) mass is 458 g/mol. The van der Waals surface area contributed by atoms with Crippen LogP contribution in [0.4, 0.5) is 0 Å². The molecule has 2 N–H and O–H groups in total. The molecule has 0 atom stereocenters. The van der Waals surface area contributed by atoms with Gasteiger partial charge in [-0.2, -0.15) is 0 Å². The largest absolute Gasteiger partial charge is 0.483 e. The van der Waals surface area contributed by atoms with Crippen LogP contribution in [0.2, 0.25) is 0 Å². The molecule has 0 fully saturated rings. The zero-order chi connectivity index (χ0) is 23.3. The first kappa shape index (κ1) is 22.0. The summed E-state index contributed by atoms with van der Waals surface area (Å²) in [5.41, 5.74) is 6.45. The predicted octanol–water partition coefficient (Wildman–Crippen LogP) is 6.10. The van der Waals surface area contributed by atoms with Gasteiger partial charge in [0.1, 0.15) is 26.4 Å². The summed E-state index contributed by atoms with van der Waals surface area (Å²) in [6.45, 7) is 5.98. The molecule has 176 valence electrons. The van der Waals surface area contributed by atoms with Crippen LogP contribution < -0.4 is 18.9 Å². The third-order valence-corrected chi connectivity index (χ3v) is 6.02. The number of aryl methyl sites for hydroxylation is 2. The van der Waals surface area contributed by atoms with Crippen molar-refractivity contribution in [3.8, 4) is 23.0 Å². The number of ether oxygens (including phenoxy) is 4. The fourth-order valence-electron chi connectivity index (χ4n) is 4.16. The second-order valence-corrected chi connectivity index (χ2v) is 8.39. The van der Waals surface area contributed by atoms with Gasteiger partial charge in [0.15, 0.2) is 23.0 Å². The van der Waals surface area contributed by atoms with Gasteiger partial charge in [0, 0.05) is 0 Å². The van der Waals surface area contributed by atoms with Crippen molar-refractivity contribution >= 4 is 0 Å². The molecule has 34 heavy (non-hydrogen) atoms. The van der Waals surface area contributed by atoms with Gasteiger partial charge in [0.2, 0.25) is 0 Å². The normalized spacial score (nSPS) is 13.7. The second-order valence-electron chi connectivity index (χ2n) is 8.39. The molecule has 1 aliphatic rings. The van der Waals surface area contributed by atoms with Crippen LogP contribution in [-0.2, 0) is 39.3 Å². The van der Waals surface area contributed by atoms with Crippen LogP contribution in [0, 0.1) is 0 Å². The Labute approximate surface area is 199 Å². The molecule has 6 heteroatoms.